The van der Waals surface area contributed by atoms with Gasteiger partial charge in [-0.25, -0.2) is 9.79 Å². The monoisotopic (exact) mass is 541 g/mol. The molecule has 4 rings (SSSR count). The van der Waals surface area contributed by atoms with Crippen LogP contribution in [0.4, 0.5) is 24.5 Å². The van der Waals surface area contributed by atoms with E-state index in [-0.39, 0.29) is 29.7 Å². The van der Waals surface area contributed by atoms with Gasteiger partial charge in [-0.2, -0.15) is 13.2 Å². The van der Waals surface area contributed by atoms with Gasteiger partial charge < -0.3 is 10.1 Å². The molecule has 1 fully saturated rings. The second-order valence-corrected chi connectivity index (χ2v) is 9.44. The number of amides is 2. The van der Waals surface area contributed by atoms with Gasteiger partial charge in [-0.1, -0.05) is 42.1 Å². The first-order chi connectivity index (χ1) is 18.1. The Morgan fingerprint density at radius 2 is 1.68 bits per heavy atom. The highest BCUT2D eigenvalue weighted by atomic mass is 32.2. The molecule has 196 valence electrons. The number of aliphatic imine (C=N–C) groups is 1. The molecule has 3 aromatic rings. The van der Waals surface area contributed by atoms with Crippen LogP contribution in [0.15, 0.2) is 83.9 Å². The van der Waals surface area contributed by atoms with Crippen molar-refractivity contribution in [1.82, 2.24) is 4.90 Å². The Hall–Kier alpha value is -4.12. The maximum Gasteiger partial charge on any atom is 0.416 e. The fraction of sp³-hybridized carbons (Fsp3) is 0.185. The van der Waals surface area contributed by atoms with Crippen molar-refractivity contribution < 1.29 is 32.3 Å². The molecule has 1 heterocycles. The second kappa shape index (κ2) is 11.5. The highest BCUT2D eigenvalue weighted by molar-refractivity contribution is 8.15. The number of halogens is 3. The van der Waals surface area contributed by atoms with Gasteiger partial charge in [0.2, 0.25) is 11.8 Å². The number of nitrogens with zero attached hydrogens (tertiary/aromatic N) is 2. The van der Waals surface area contributed by atoms with Crippen LogP contribution < -0.4 is 5.32 Å². The molecule has 0 saturated carbocycles. The van der Waals surface area contributed by atoms with E-state index in [9.17, 15) is 27.6 Å². The number of hydrogen-bond acceptors (Lipinski definition) is 6. The number of hydrogen-bond donors (Lipinski definition) is 1. The summed E-state index contributed by atoms with van der Waals surface area (Å²) in [7, 11) is 1.26. The van der Waals surface area contributed by atoms with Crippen molar-refractivity contribution in [3.8, 4) is 0 Å². The van der Waals surface area contributed by atoms with Crippen molar-refractivity contribution >= 4 is 46.1 Å². The molecule has 1 aliphatic rings. The van der Waals surface area contributed by atoms with Gasteiger partial charge in [0.15, 0.2) is 5.17 Å². The number of anilines is 1. The topological polar surface area (TPSA) is 88.1 Å². The minimum Gasteiger partial charge on any atom is -0.465 e. The number of methoxy groups -OCH3 is 1. The first-order valence-corrected chi connectivity index (χ1v) is 12.3. The Balaban J connectivity index is 1.57. The van der Waals surface area contributed by atoms with Crippen molar-refractivity contribution in [3.05, 3.63) is 95.6 Å². The lowest BCUT2D eigenvalue weighted by Gasteiger charge is -2.32. The molecule has 1 N–H and O–H groups in total. The Bertz CT molecular complexity index is 1340. The Morgan fingerprint density at radius 1 is 1.03 bits per heavy atom. The molecule has 0 unspecified atom stereocenters. The first kappa shape index (κ1) is 26.9. The van der Waals surface area contributed by atoms with E-state index in [2.05, 4.69) is 15.0 Å². The molecule has 0 radical (unpaired) electrons. The Labute approximate surface area is 220 Å². The van der Waals surface area contributed by atoms with E-state index in [1.807, 2.05) is 30.3 Å². The molecule has 0 aromatic heterocycles. The van der Waals surface area contributed by atoms with Gasteiger partial charge in [-0.3, -0.25) is 14.5 Å². The van der Waals surface area contributed by atoms with E-state index in [0.29, 0.717) is 11.3 Å². The molecule has 1 saturated heterocycles. The smallest absolute Gasteiger partial charge is 0.416 e. The third kappa shape index (κ3) is 6.60. The molecule has 0 aliphatic carbocycles. The molecular formula is C27H22F3N3O4S. The lowest BCUT2D eigenvalue weighted by atomic mass is 10.2. The van der Waals surface area contributed by atoms with E-state index >= 15 is 0 Å². The summed E-state index contributed by atoms with van der Waals surface area (Å²) >= 11 is 1.05. The molecule has 1 aliphatic heterocycles. The highest BCUT2D eigenvalue weighted by Crippen LogP contribution is 2.33. The predicted molar refractivity (Wildman–Crippen MR) is 138 cm³/mol. The minimum atomic E-state index is -4.49. The zero-order valence-corrected chi connectivity index (χ0v) is 20.9. The van der Waals surface area contributed by atoms with Crippen LogP contribution in [0.1, 0.15) is 27.9 Å². The van der Waals surface area contributed by atoms with Gasteiger partial charge in [-0.15, -0.1) is 0 Å². The number of nitrogens with one attached hydrogen (secondary N) is 1. The third-order valence-corrected chi connectivity index (χ3v) is 6.80. The van der Waals surface area contributed by atoms with Gasteiger partial charge in [0.25, 0.3) is 0 Å². The Kier molecular flexibility index (Phi) is 8.16. The van der Waals surface area contributed by atoms with Gasteiger partial charge in [0.05, 0.1) is 30.5 Å². The van der Waals surface area contributed by atoms with Gasteiger partial charge in [0, 0.05) is 12.1 Å². The van der Waals surface area contributed by atoms with Crippen LogP contribution in [0.25, 0.3) is 0 Å². The summed E-state index contributed by atoms with van der Waals surface area (Å²) in [6.07, 6.45) is -4.59. The molecule has 3 aromatic carbocycles. The van der Waals surface area contributed by atoms with E-state index < -0.39 is 28.9 Å². The average Bonchev–Trinajstić information content (AvgIpc) is 2.90. The molecular weight excluding hydrogens is 519 g/mol. The SMILES string of the molecule is COC(=O)c1ccc(NC(=O)[C@H]2CC(=O)N(Cc3ccccc3)C(=Nc3ccc(C(F)(F)F)cc3)S2)cc1. The fourth-order valence-electron chi connectivity index (χ4n) is 3.63. The number of amidine groups is 1. The summed E-state index contributed by atoms with van der Waals surface area (Å²) in [5.41, 5.74) is 0.963. The summed E-state index contributed by atoms with van der Waals surface area (Å²) < 4.78 is 43.6. The number of rotatable bonds is 6. The molecule has 2 amide bonds. The third-order valence-electron chi connectivity index (χ3n) is 5.61. The van der Waals surface area contributed by atoms with Gasteiger partial charge in [0.1, 0.15) is 5.25 Å². The molecule has 0 bridgehead atoms. The van der Waals surface area contributed by atoms with Crippen molar-refractivity contribution in [2.75, 3.05) is 12.4 Å². The summed E-state index contributed by atoms with van der Waals surface area (Å²) in [6.45, 7) is 0.190. The number of alkyl halides is 3. The predicted octanol–water partition coefficient (Wildman–Crippen LogP) is 5.65. The van der Waals surface area contributed by atoms with Crippen LogP contribution in [0.2, 0.25) is 0 Å². The van der Waals surface area contributed by atoms with E-state index in [1.165, 1.54) is 36.3 Å². The number of esters is 1. The summed E-state index contributed by atoms with van der Waals surface area (Å²) in [6, 6.07) is 19.5. The second-order valence-electron chi connectivity index (χ2n) is 8.27. The van der Waals surface area contributed by atoms with Crippen molar-refractivity contribution in [1.29, 1.82) is 0 Å². The van der Waals surface area contributed by atoms with Crippen LogP contribution in [0, 0.1) is 0 Å². The van der Waals surface area contributed by atoms with E-state index in [0.717, 1.165) is 29.5 Å². The zero-order valence-electron chi connectivity index (χ0n) is 20.1. The standard InChI is InChI=1S/C27H22F3N3O4S/c1-37-25(36)18-7-11-20(12-8-18)31-24(35)22-15-23(34)33(16-17-5-3-2-4-6-17)26(38-22)32-21-13-9-19(10-14-21)27(28,29)30/h2-14,22H,15-16H2,1H3,(H,31,35)/t22-/m1/s1. The van der Waals surface area contributed by atoms with E-state index in [1.54, 1.807) is 12.1 Å². The van der Waals surface area contributed by atoms with E-state index in [4.69, 9.17) is 0 Å². The number of thioether (sulfide) groups is 1. The number of ether oxygens (including phenoxy) is 1. The normalized spacial score (nSPS) is 16.8. The number of benzene rings is 3. The lowest BCUT2D eigenvalue weighted by molar-refractivity contribution is -0.137. The average molecular weight is 542 g/mol. The lowest BCUT2D eigenvalue weighted by Crippen LogP contribution is -2.44. The summed E-state index contributed by atoms with van der Waals surface area (Å²) in [5.74, 6) is -1.31. The number of carbonyl (C=O) groups excluding carboxylic acids is 3. The number of carbonyl (C=O) groups is 3. The minimum absolute atomic E-state index is 0.102. The van der Waals surface area contributed by atoms with Crippen LogP contribution in [0.3, 0.4) is 0 Å². The van der Waals surface area contributed by atoms with Crippen molar-refractivity contribution in [2.45, 2.75) is 24.4 Å². The highest BCUT2D eigenvalue weighted by Gasteiger charge is 2.36. The molecule has 38 heavy (non-hydrogen) atoms. The molecule has 0 spiro atoms. The van der Waals surface area contributed by atoms with Crippen LogP contribution in [-0.2, 0) is 27.0 Å². The van der Waals surface area contributed by atoms with Crippen LogP contribution in [0.5, 0.6) is 0 Å². The maximum atomic E-state index is 13.2. The van der Waals surface area contributed by atoms with Gasteiger partial charge >= 0.3 is 12.1 Å². The summed E-state index contributed by atoms with van der Waals surface area (Å²) in [5, 5.41) is 2.10. The molecule has 1 atom stereocenters. The maximum absolute atomic E-state index is 13.2. The summed E-state index contributed by atoms with van der Waals surface area (Å²) in [4.78, 5) is 43.7. The largest absolute Gasteiger partial charge is 0.465 e. The fourth-order valence-corrected chi connectivity index (χ4v) is 4.73. The van der Waals surface area contributed by atoms with Crippen molar-refractivity contribution in [3.63, 3.8) is 0 Å². The molecule has 7 nitrogen and oxygen atoms in total. The van der Waals surface area contributed by atoms with Crippen LogP contribution >= 0.6 is 11.8 Å². The quantitative estimate of drug-likeness (QED) is 0.408. The zero-order chi connectivity index (χ0) is 27.3. The molecule has 11 heteroatoms. The first-order valence-electron chi connectivity index (χ1n) is 11.4. The Morgan fingerprint density at radius 3 is 2.29 bits per heavy atom. The van der Waals surface area contributed by atoms with Crippen LogP contribution in [-0.4, -0.2) is 40.2 Å². The van der Waals surface area contributed by atoms with Crippen molar-refractivity contribution in [2.24, 2.45) is 4.99 Å². The van der Waals surface area contributed by atoms with Gasteiger partial charge in [-0.05, 0) is 54.1 Å².